The molecule has 1 amide bonds. The van der Waals surface area contributed by atoms with Crippen molar-refractivity contribution in [1.82, 2.24) is 14.9 Å². The molecule has 0 bridgehead atoms. The Morgan fingerprint density at radius 2 is 1.71 bits per heavy atom. The quantitative estimate of drug-likeness (QED) is 0.278. The van der Waals surface area contributed by atoms with Gasteiger partial charge < -0.3 is 14.6 Å². The first kappa shape index (κ1) is 25.8. The molecule has 1 aromatic heterocycles. The second-order valence-corrected chi connectivity index (χ2v) is 9.67. The third kappa shape index (κ3) is 7.34. The Hall–Kier alpha value is -2.82. The molecule has 0 saturated carbocycles. The Labute approximate surface area is 204 Å². The first-order valence-electron chi connectivity index (χ1n) is 12.9. The Balaban J connectivity index is 1.48. The summed E-state index contributed by atoms with van der Waals surface area (Å²) in [7, 11) is 0. The van der Waals surface area contributed by atoms with Gasteiger partial charge in [0, 0.05) is 25.4 Å². The molecule has 184 valence electrons. The lowest BCUT2D eigenvalue weighted by Gasteiger charge is -2.14. The Morgan fingerprint density at radius 3 is 2.50 bits per heavy atom. The fourth-order valence-corrected chi connectivity index (χ4v) is 4.21. The van der Waals surface area contributed by atoms with Gasteiger partial charge in [0.15, 0.2) is 0 Å². The molecule has 5 heteroatoms. The van der Waals surface area contributed by atoms with Crippen LogP contribution in [0.25, 0.3) is 11.0 Å². The number of unbranched alkanes of at least 4 members (excludes halogenated alkanes) is 3. The minimum absolute atomic E-state index is 0.0512. The number of nitrogens with one attached hydrogen (secondary N) is 1. The van der Waals surface area contributed by atoms with Gasteiger partial charge in [0.05, 0.1) is 17.6 Å². The minimum Gasteiger partial charge on any atom is -0.493 e. The highest BCUT2D eigenvalue weighted by Gasteiger charge is 2.11. The topological polar surface area (TPSA) is 56.2 Å². The van der Waals surface area contributed by atoms with E-state index in [9.17, 15) is 4.79 Å². The van der Waals surface area contributed by atoms with Crippen molar-refractivity contribution in [1.29, 1.82) is 0 Å². The van der Waals surface area contributed by atoms with Crippen LogP contribution in [0, 0.1) is 5.92 Å². The summed E-state index contributed by atoms with van der Waals surface area (Å²) in [6.45, 7) is 10.7. The minimum atomic E-state index is 0.0512. The predicted octanol–water partition coefficient (Wildman–Crippen LogP) is 6.50. The average molecular weight is 464 g/mol. The van der Waals surface area contributed by atoms with Gasteiger partial charge >= 0.3 is 0 Å². The number of hydrogen-bond acceptors (Lipinski definition) is 3. The van der Waals surface area contributed by atoms with Crippen LogP contribution >= 0.6 is 0 Å². The zero-order chi connectivity index (χ0) is 24.3. The Kier molecular flexibility index (Phi) is 9.99. The van der Waals surface area contributed by atoms with Gasteiger partial charge in [-0.25, -0.2) is 4.98 Å². The van der Waals surface area contributed by atoms with Gasteiger partial charge in [0.1, 0.15) is 11.6 Å². The highest BCUT2D eigenvalue weighted by Crippen LogP contribution is 2.26. The van der Waals surface area contributed by atoms with E-state index in [-0.39, 0.29) is 11.8 Å². The molecule has 0 aliphatic rings. The fourth-order valence-electron chi connectivity index (χ4n) is 4.21. The summed E-state index contributed by atoms with van der Waals surface area (Å²) in [5, 5.41) is 3.00. The van der Waals surface area contributed by atoms with Crippen LogP contribution in [0.15, 0.2) is 48.5 Å². The van der Waals surface area contributed by atoms with Crippen LogP contribution in [0.5, 0.6) is 5.75 Å². The van der Waals surface area contributed by atoms with Crippen molar-refractivity contribution in [2.45, 2.75) is 78.7 Å². The van der Waals surface area contributed by atoms with Crippen molar-refractivity contribution in [2.75, 3.05) is 13.2 Å². The molecule has 34 heavy (non-hydrogen) atoms. The SMILES string of the molecule is CC(C)C(=O)NCCCCCc1nc2ccccc2n1CCCCOc1ccccc1C(C)C. The zero-order valence-corrected chi connectivity index (χ0v) is 21.3. The number of fused-ring (bicyclic) bond motifs is 1. The van der Waals surface area contributed by atoms with E-state index < -0.39 is 0 Å². The zero-order valence-electron chi connectivity index (χ0n) is 21.3. The second kappa shape index (κ2) is 13.2. The number of aromatic nitrogens is 2. The van der Waals surface area contributed by atoms with Crippen molar-refractivity contribution < 1.29 is 9.53 Å². The van der Waals surface area contributed by atoms with Gasteiger partial charge in [0.25, 0.3) is 0 Å². The molecule has 0 fully saturated rings. The molecule has 0 aliphatic carbocycles. The third-order valence-electron chi connectivity index (χ3n) is 6.21. The van der Waals surface area contributed by atoms with Crippen LogP contribution in [0.1, 0.15) is 77.1 Å². The van der Waals surface area contributed by atoms with Gasteiger partial charge in [-0.05, 0) is 55.4 Å². The number of para-hydroxylation sites is 3. The summed E-state index contributed by atoms with van der Waals surface area (Å²) >= 11 is 0. The molecule has 2 aromatic carbocycles. The van der Waals surface area contributed by atoms with Crippen molar-refractivity contribution >= 4 is 16.9 Å². The lowest BCUT2D eigenvalue weighted by molar-refractivity contribution is -0.123. The van der Waals surface area contributed by atoms with Crippen LogP contribution in [0.3, 0.4) is 0 Å². The molecule has 0 spiro atoms. The molecule has 0 radical (unpaired) electrons. The Morgan fingerprint density at radius 1 is 0.941 bits per heavy atom. The molecule has 5 nitrogen and oxygen atoms in total. The first-order chi connectivity index (χ1) is 16.5. The second-order valence-electron chi connectivity index (χ2n) is 9.67. The number of aryl methyl sites for hydroxylation is 2. The van der Waals surface area contributed by atoms with Crippen LogP contribution < -0.4 is 10.1 Å². The molecule has 1 N–H and O–H groups in total. The van der Waals surface area contributed by atoms with Gasteiger partial charge in [-0.2, -0.15) is 0 Å². The van der Waals surface area contributed by atoms with Crippen LogP contribution in [0.4, 0.5) is 0 Å². The maximum atomic E-state index is 11.7. The normalized spacial score (nSPS) is 11.5. The fraction of sp³-hybridized carbons (Fsp3) is 0.517. The van der Waals surface area contributed by atoms with E-state index in [4.69, 9.17) is 9.72 Å². The van der Waals surface area contributed by atoms with Gasteiger partial charge in [0.2, 0.25) is 5.91 Å². The number of carbonyl (C=O) groups is 1. The highest BCUT2D eigenvalue weighted by atomic mass is 16.5. The van der Waals surface area contributed by atoms with Crippen LogP contribution in [-0.4, -0.2) is 28.6 Å². The number of rotatable bonds is 14. The summed E-state index contributed by atoms with van der Waals surface area (Å²) in [6.07, 6.45) is 6.20. The average Bonchev–Trinajstić information content (AvgIpc) is 3.18. The molecule has 0 unspecified atom stereocenters. The summed E-state index contributed by atoms with van der Waals surface area (Å²) in [5.41, 5.74) is 3.56. The smallest absolute Gasteiger partial charge is 0.222 e. The van der Waals surface area contributed by atoms with Crippen LogP contribution in [-0.2, 0) is 17.8 Å². The monoisotopic (exact) mass is 463 g/mol. The van der Waals surface area contributed by atoms with E-state index in [1.54, 1.807) is 0 Å². The number of hydrogen-bond donors (Lipinski definition) is 1. The number of imidazole rings is 1. The van der Waals surface area contributed by atoms with Crippen molar-refractivity contribution in [2.24, 2.45) is 5.92 Å². The predicted molar refractivity (Wildman–Crippen MR) is 140 cm³/mol. The van der Waals surface area contributed by atoms with E-state index in [1.807, 2.05) is 19.9 Å². The van der Waals surface area contributed by atoms with Crippen molar-refractivity contribution in [3.05, 3.63) is 59.9 Å². The van der Waals surface area contributed by atoms with E-state index in [1.165, 1.54) is 16.9 Å². The number of ether oxygens (including phenoxy) is 1. The standard InChI is InChI=1S/C29H41N3O2/c1-22(2)24-14-7-10-17-27(24)34-21-13-12-20-32-26-16-9-8-15-25(26)31-28(32)18-6-5-11-19-30-29(33)23(3)4/h7-10,14-17,22-23H,5-6,11-13,18-21H2,1-4H3,(H,30,33). The summed E-state index contributed by atoms with van der Waals surface area (Å²) in [5.74, 6) is 2.82. The summed E-state index contributed by atoms with van der Waals surface area (Å²) < 4.78 is 8.50. The number of nitrogens with zero attached hydrogens (tertiary/aromatic N) is 2. The lowest BCUT2D eigenvalue weighted by Crippen LogP contribution is -2.28. The van der Waals surface area contributed by atoms with Gasteiger partial charge in [-0.15, -0.1) is 0 Å². The molecule has 0 aliphatic heterocycles. The molecule has 3 aromatic rings. The van der Waals surface area contributed by atoms with E-state index in [0.29, 0.717) is 5.92 Å². The Bertz CT molecular complexity index is 1040. The third-order valence-corrected chi connectivity index (χ3v) is 6.21. The maximum absolute atomic E-state index is 11.7. The number of benzene rings is 2. The van der Waals surface area contributed by atoms with E-state index in [2.05, 4.69) is 66.2 Å². The van der Waals surface area contributed by atoms with E-state index >= 15 is 0 Å². The van der Waals surface area contributed by atoms with Gasteiger partial charge in [-0.1, -0.05) is 64.4 Å². The molecule has 0 saturated heterocycles. The molecular formula is C29H41N3O2. The van der Waals surface area contributed by atoms with Crippen molar-refractivity contribution in [3.8, 4) is 5.75 Å². The first-order valence-corrected chi connectivity index (χ1v) is 12.9. The lowest BCUT2D eigenvalue weighted by atomic mass is 10.0. The molecule has 1 heterocycles. The maximum Gasteiger partial charge on any atom is 0.222 e. The van der Waals surface area contributed by atoms with E-state index in [0.717, 1.165) is 69.5 Å². The van der Waals surface area contributed by atoms with Gasteiger partial charge in [-0.3, -0.25) is 4.79 Å². The van der Waals surface area contributed by atoms with Crippen molar-refractivity contribution in [3.63, 3.8) is 0 Å². The molecule has 0 atom stereocenters. The summed E-state index contributed by atoms with van der Waals surface area (Å²) in [4.78, 5) is 16.6. The highest BCUT2D eigenvalue weighted by molar-refractivity contribution is 5.77. The van der Waals surface area contributed by atoms with Crippen LogP contribution in [0.2, 0.25) is 0 Å². The number of amides is 1. The molecular weight excluding hydrogens is 422 g/mol. The largest absolute Gasteiger partial charge is 0.493 e. The molecule has 3 rings (SSSR count). The number of carbonyl (C=O) groups excluding carboxylic acids is 1. The summed E-state index contributed by atoms with van der Waals surface area (Å²) in [6, 6.07) is 16.8.